The third-order valence-corrected chi connectivity index (χ3v) is 4.01. The Morgan fingerprint density at radius 1 is 1.30 bits per heavy atom. The molecule has 5 heteroatoms. The fraction of sp³-hybridized carbons (Fsp3) is 0.467. The lowest BCUT2D eigenvalue weighted by molar-refractivity contribution is 0.373. The summed E-state index contributed by atoms with van der Waals surface area (Å²) >= 11 is 0. The zero-order valence-electron chi connectivity index (χ0n) is 11.3. The molecular formula is C15H18N4O. The van der Waals surface area contributed by atoms with E-state index in [1.807, 2.05) is 0 Å². The average molecular weight is 270 g/mol. The van der Waals surface area contributed by atoms with Crippen molar-refractivity contribution in [1.29, 1.82) is 0 Å². The Hall–Kier alpha value is -1.88. The Labute approximate surface area is 117 Å². The Bertz CT molecular complexity index is 620. The molecule has 2 heterocycles. The van der Waals surface area contributed by atoms with E-state index in [2.05, 4.69) is 39.3 Å². The van der Waals surface area contributed by atoms with Crippen LogP contribution in [0.25, 0.3) is 0 Å². The van der Waals surface area contributed by atoms with Crippen LogP contribution in [0, 0.1) is 0 Å². The van der Waals surface area contributed by atoms with Gasteiger partial charge in [-0.3, -0.25) is 0 Å². The van der Waals surface area contributed by atoms with E-state index < -0.39 is 0 Å². The molecule has 1 saturated carbocycles. The lowest BCUT2D eigenvalue weighted by Crippen LogP contribution is -2.43. The third kappa shape index (κ3) is 2.18. The molecule has 20 heavy (non-hydrogen) atoms. The molecule has 1 fully saturated rings. The van der Waals surface area contributed by atoms with Gasteiger partial charge in [0.1, 0.15) is 0 Å². The van der Waals surface area contributed by atoms with Crippen LogP contribution in [-0.2, 0) is 13.0 Å². The first kappa shape index (κ1) is 11.9. The molecule has 1 aliphatic carbocycles. The second-order valence-electron chi connectivity index (χ2n) is 5.80. The summed E-state index contributed by atoms with van der Waals surface area (Å²) in [5.41, 5.74) is 8.70. The molecule has 0 saturated heterocycles. The summed E-state index contributed by atoms with van der Waals surface area (Å²) in [6, 6.07) is 8.58. The summed E-state index contributed by atoms with van der Waals surface area (Å²) in [6.07, 6.45) is 3.30. The number of nitrogens with zero attached hydrogens (tertiary/aromatic N) is 3. The van der Waals surface area contributed by atoms with E-state index in [1.165, 1.54) is 24.1 Å². The number of para-hydroxylation sites is 1. The van der Waals surface area contributed by atoms with Crippen molar-refractivity contribution in [3.63, 3.8) is 0 Å². The highest BCUT2D eigenvalue weighted by Gasteiger charge is 2.30. The number of anilines is 1. The second-order valence-corrected chi connectivity index (χ2v) is 5.80. The van der Waals surface area contributed by atoms with E-state index in [1.54, 1.807) is 0 Å². The van der Waals surface area contributed by atoms with Crippen LogP contribution in [0.4, 0.5) is 5.69 Å². The molecule has 1 atom stereocenters. The highest BCUT2D eigenvalue weighted by atomic mass is 16.5. The van der Waals surface area contributed by atoms with Gasteiger partial charge >= 0.3 is 0 Å². The molecule has 1 aromatic heterocycles. The zero-order valence-corrected chi connectivity index (χ0v) is 11.3. The van der Waals surface area contributed by atoms with Crippen molar-refractivity contribution in [1.82, 2.24) is 10.1 Å². The molecule has 2 aromatic rings. The van der Waals surface area contributed by atoms with Gasteiger partial charge in [-0.25, -0.2) is 0 Å². The first-order chi connectivity index (χ1) is 9.79. The van der Waals surface area contributed by atoms with Crippen LogP contribution in [0.5, 0.6) is 0 Å². The topological polar surface area (TPSA) is 68.2 Å². The van der Waals surface area contributed by atoms with E-state index in [0.717, 1.165) is 24.7 Å². The van der Waals surface area contributed by atoms with E-state index in [4.69, 9.17) is 10.3 Å². The van der Waals surface area contributed by atoms with Crippen LogP contribution in [0.1, 0.15) is 36.0 Å². The highest BCUT2D eigenvalue weighted by molar-refractivity contribution is 5.56. The maximum atomic E-state index is 6.15. The molecule has 4 rings (SSSR count). The molecule has 1 aliphatic heterocycles. The molecule has 2 N–H and O–H groups in total. The van der Waals surface area contributed by atoms with Gasteiger partial charge in [-0.2, -0.15) is 4.98 Å². The SMILES string of the molecule is NC1Cc2ccccc2N(Cc2noc(C3CC3)n2)C1. The van der Waals surface area contributed by atoms with Crippen LogP contribution in [0.2, 0.25) is 0 Å². The van der Waals surface area contributed by atoms with Crippen LogP contribution < -0.4 is 10.6 Å². The number of fused-ring (bicyclic) bond motifs is 1. The van der Waals surface area contributed by atoms with Gasteiger partial charge in [0.05, 0.1) is 6.54 Å². The number of nitrogens with two attached hydrogens (primary N) is 1. The number of aromatic nitrogens is 2. The minimum Gasteiger partial charge on any atom is -0.362 e. The standard InChI is InChI=1S/C15H18N4O/c16-12-7-11-3-1-2-4-13(11)19(8-12)9-14-17-15(20-18-14)10-5-6-10/h1-4,10,12H,5-9,16H2. The number of hydrogen-bond acceptors (Lipinski definition) is 5. The van der Waals surface area contributed by atoms with Crippen molar-refractivity contribution in [3.8, 4) is 0 Å². The smallest absolute Gasteiger partial charge is 0.229 e. The molecular weight excluding hydrogens is 252 g/mol. The Balaban J connectivity index is 1.58. The maximum Gasteiger partial charge on any atom is 0.229 e. The van der Waals surface area contributed by atoms with Crippen LogP contribution in [0.3, 0.4) is 0 Å². The van der Waals surface area contributed by atoms with E-state index in [-0.39, 0.29) is 6.04 Å². The number of benzene rings is 1. The summed E-state index contributed by atoms with van der Waals surface area (Å²) < 4.78 is 5.33. The van der Waals surface area contributed by atoms with Gasteiger partial charge in [-0.15, -0.1) is 0 Å². The predicted molar refractivity (Wildman–Crippen MR) is 75.4 cm³/mol. The van der Waals surface area contributed by atoms with Gasteiger partial charge < -0.3 is 15.2 Å². The molecule has 1 aromatic carbocycles. The molecule has 1 unspecified atom stereocenters. The molecule has 2 aliphatic rings. The van der Waals surface area contributed by atoms with Crippen LogP contribution in [0.15, 0.2) is 28.8 Å². The number of hydrogen-bond donors (Lipinski definition) is 1. The van der Waals surface area contributed by atoms with Gasteiger partial charge in [-0.05, 0) is 30.9 Å². The Kier molecular flexibility index (Phi) is 2.73. The molecule has 0 radical (unpaired) electrons. The van der Waals surface area contributed by atoms with Crippen molar-refractivity contribution in [3.05, 3.63) is 41.5 Å². The predicted octanol–water partition coefficient (Wildman–Crippen LogP) is 1.84. The summed E-state index contributed by atoms with van der Waals surface area (Å²) in [7, 11) is 0. The normalized spacial score (nSPS) is 21.9. The van der Waals surface area contributed by atoms with Crippen molar-refractivity contribution in [2.24, 2.45) is 5.73 Å². The lowest BCUT2D eigenvalue weighted by atomic mass is 9.98. The fourth-order valence-electron chi connectivity index (χ4n) is 2.87. The minimum absolute atomic E-state index is 0.166. The third-order valence-electron chi connectivity index (χ3n) is 4.01. The lowest BCUT2D eigenvalue weighted by Gasteiger charge is -2.33. The molecule has 0 bridgehead atoms. The monoisotopic (exact) mass is 270 g/mol. The first-order valence-electron chi connectivity index (χ1n) is 7.20. The van der Waals surface area contributed by atoms with E-state index in [0.29, 0.717) is 12.5 Å². The minimum atomic E-state index is 0.166. The van der Waals surface area contributed by atoms with Crippen molar-refractivity contribution in [2.75, 3.05) is 11.4 Å². The molecule has 5 nitrogen and oxygen atoms in total. The Morgan fingerprint density at radius 2 is 2.15 bits per heavy atom. The van der Waals surface area contributed by atoms with Crippen LogP contribution >= 0.6 is 0 Å². The van der Waals surface area contributed by atoms with Gasteiger partial charge in [0.2, 0.25) is 5.89 Å². The van der Waals surface area contributed by atoms with Crippen LogP contribution in [-0.4, -0.2) is 22.7 Å². The Morgan fingerprint density at radius 3 is 3.00 bits per heavy atom. The largest absolute Gasteiger partial charge is 0.362 e. The van der Waals surface area contributed by atoms with Gasteiger partial charge in [-0.1, -0.05) is 23.4 Å². The molecule has 104 valence electrons. The second kappa shape index (κ2) is 4.59. The van der Waals surface area contributed by atoms with Crippen molar-refractivity contribution >= 4 is 5.69 Å². The first-order valence-corrected chi connectivity index (χ1v) is 7.20. The van der Waals surface area contributed by atoms with E-state index in [9.17, 15) is 0 Å². The summed E-state index contributed by atoms with van der Waals surface area (Å²) in [5, 5.41) is 4.10. The quantitative estimate of drug-likeness (QED) is 0.921. The van der Waals surface area contributed by atoms with Crippen molar-refractivity contribution < 1.29 is 4.52 Å². The fourth-order valence-corrected chi connectivity index (χ4v) is 2.87. The molecule has 0 amide bonds. The summed E-state index contributed by atoms with van der Waals surface area (Å²) in [5.74, 6) is 2.07. The van der Waals surface area contributed by atoms with Gasteiger partial charge in [0.15, 0.2) is 5.82 Å². The summed E-state index contributed by atoms with van der Waals surface area (Å²) in [6.45, 7) is 1.51. The van der Waals surface area contributed by atoms with E-state index >= 15 is 0 Å². The maximum absolute atomic E-state index is 6.15. The van der Waals surface area contributed by atoms with Gasteiger partial charge in [0.25, 0.3) is 0 Å². The molecule has 0 spiro atoms. The summed E-state index contributed by atoms with van der Waals surface area (Å²) in [4.78, 5) is 6.76. The van der Waals surface area contributed by atoms with Gasteiger partial charge in [0, 0.05) is 24.2 Å². The highest BCUT2D eigenvalue weighted by Crippen LogP contribution is 2.39. The zero-order chi connectivity index (χ0) is 13.5. The average Bonchev–Trinajstić information content (AvgIpc) is 3.19. The number of rotatable bonds is 3. The van der Waals surface area contributed by atoms with Crippen molar-refractivity contribution in [2.45, 2.75) is 37.8 Å².